The van der Waals surface area contributed by atoms with Crippen LogP contribution in [0.25, 0.3) is 0 Å². The van der Waals surface area contributed by atoms with Gasteiger partial charge in [0.05, 0.1) is 18.9 Å². The van der Waals surface area contributed by atoms with Crippen molar-refractivity contribution in [1.82, 2.24) is 4.72 Å². The third-order valence-corrected chi connectivity index (χ3v) is 4.03. The monoisotopic (exact) mass is 257 g/mol. The van der Waals surface area contributed by atoms with Gasteiger partial charge in [-0.05, 0) is 19.4 Å². The molecule has 0 bridgehead atoms. The minimum Gasteiger partial charge on any atom is -0.496 e. The molecule has 0 fully saturated rings. The van der Waals surface area contributed by atoms with Crippen LogP contribution in [0.1, 0.15) is 31.9 Å². The standard InChI is InChI=1S/C12H19NO3S/c1-4-11(13-17(14,15)5-2)10-8-6-7-9-12(10)16-3/h6-9,11,13H,4-5H2,1-3H3. The lowest BCUT2D eigenvalue weighted by Gasteiger charge is -2.19. The Hall–Kier alpha value is -1.07. The average Bonchev–Trinajstić information content (AvgIpc) is 2.36. The molecule has 0 spiro atoms. The number of ether oxygens (including phenoxy) is 1. The van der Waals surface area contributed by atoms with E-state index in [1.54, 1.807) is 14.0 Å². The summed E-state index contributed by atoms with van der Waals surface area (Å²) < 4.78 is 31.1. The highest BCUT2D eigenvalue weighted by atomic mass is 32.2. The van der Waals surface area contributed by atoms with Crippen LogP contribution < -0.4 is 9.46 Å². The van der Waals surface area contributed by atoms with Crippen LogP contribution in [-0.4, -0.2) is 21.3 Å². The Labute approximate surface area is 103 Å². The van der Waals surface area contributed by atoms with Gasteiger partial charge in [-0.1, -0.05) is 25.1 Å². The number of hydrogen-bond acceptors (Lipinski definition) is 3. The Kier molecular flexibility index (Phi) is 4.96. The quantitative estimate of drug-likeness (QED) is 0.849. The SMILES string of the molecule is CCC(NS(=O)(=O)CC)c1ccccc1OC. The second-order valence-electron chi connectivity index (χ2n) is 3.72. The van der Waals surface area contributed by atoms with Gasteiger partial charge in [0.15, 0.2) is 0 Å². The summed E-state index contributed by atoms with van der Waals surface area (Å²) in [5, 5.41) is 0. The smallest absolute Gasteiger partial charge is 0.211 e. The van der Waals surface area contributed by atoms with E-state index in [4.69, 9.17) is 4.74 Å². The summed E-state index contributed by atoms with van der Waals surface area (Å²) >= 11 is 0. The van der Waals surface area contributed by atoms with E-state index in [1.165, 1.54) is 0 Å². The zero-order valence-corrected chi connectivity index (χ0v) is 11.3. The van der Waals surface area contributed by atoms with Gasteiger partial charge in [0.2, 0.25) is 10.0 Å². The fourth-order valence-electron chi connectivity index (χ4n) is 1.62. The van der Waals surface area contributed by atoms with E-state index in [9.17, 15) is 8.42 Å². The largest absolute Gasteiger partial charge is 0.496 e. The van der Waals surface area contributed by atoms with Crippen LogP contribution >= 0.6 is 0 Å². The van der Waals surface area contributed by atoms with E-state index >= 15 is 0 Å². The van der Waals surface area contributed by atoms with Crippen molar-refractivity contribution >= 4 is 10.0 Å². The number of para-hydroxylation sites is 1. The van der Waals surface area contributed by atoms with Crippen molar-refractivity contribution in [1.29, 1.82) is 0 Å². The van der Waals surface area contributed by atoms with Gasteiger partial charge in [-0.3, -0.25) is 0 Å². The molecule has 0 saturated heterocycles. The van der Waals surface area contributed by atoms with Crippen molar-refractivity contribution in [3.05, 3.63) is 29.8 Å². The van der Waals surface area contributed by atoms with E-state index < -0.39 is 10.0 Å². The van der Waals surface area contributed by atoms with Gasteiger partial charge in [-0.2, -0.15) is 0 Å². The molecule has 1 atom stereocenters. The summed E-state index contributed by atoms with van der Waals surface area (Å²) in [6, 6.07) is 7.21. The fraction of sp³-hybridized carbons (Fsp3) is 0.500. The molecule has 0 aromatic heterocycles. The Balaban J connectivity index is 3.02. The summed E-state index contributed by atoms with van der Waals surface area (Å²) in [6.07, 6.45) is 0.680. The first-order valence-electron chi connectivity index (χ1n) is 5.67. The maximum atomic E-state index is 11.6. The van der Waals surface area contributed by atoms with E-state index in [1.807, 2.05) is 31.2 Å². The highest BCUT2D eigenvalue weighted by molar-refractivity contribution is 7.89. The van der Waals surface area contributed by atoms with Gasteiger partial charge in [-0.25, -0.2) is 13.1 Å². The Morgan fingerprint density at radius 2 is 1.94 bits per heavy atom. The van der Waals surface area contributed by atoms with Crippen molar-refractivity contribution in [3.63, 3.8) is 0 Å². The number of hydrogen-bond donors (Lipinski definition) is 1. The number of benzene rings is 1. The molecule has 0 amide bonds. The average molecular weight is 257 g/mol. The van der Waals surface area contributed by atoms with Gasteiger partial charge >= 0.3 is 0 Å². The minimum absolute atomic E-state index is 0.0820. The number of sulfonamides is 1. The predicted octanol–water partition coefficient (Wildman–Crippen LogP) is 2.09. The first kappa shape index (κ1) is 14.0. The fourth-order valence-corrected chi connectivity index (χ4v) is 2.51. The Morgan fingerprint density at radius 3 is 2.47 bits per heavy atom. The summed E-state index contributed by atoms with van der Waals surface area (Å²) in [4.78, 5) is 0. The third kappa shape index (κ3) is 3.71. The van der Waals surface area contributed by atoms with Crippen LogP contribution in [-0.2, 0) is 10.0 Å². The normalized spacial score (nSPS) is 13.4. The van der Waals surface area contributed by atoms with Gasteiger partial charge in [0, 0.05) is 5.56 Å². The maximum Gasteiger partial charge on any atom is 0.211 e. The lowest BCUT2D eigenvalue weighted by atomic mass is 10.0. The molecular formula is C12H19NO3S. The van der Waals surface area contributed by atoms with Gasteiger partial charge in [0.1, 0.15) is 5.75 Å². The van der Waals surface area contributed by atoms with Gasteiger partial charge in [0.25, 0.3) is 0 Å². The predicted molar refractivity (Wildman–Crippen MR) is 68.6 cm³/mol. The minimum atomic E-state index is -3.21. The van der Waals surface area contributed by atoms with Crippen LogP contribution in [0.15, 0.2) is 24.3 Å². The maximum absolute atomic E-state index is 11.6. The van der Waals surface area contributed by atoms with Crippen LogP contribution in [0, 0.1) is 0 Å². The van der Waals surface area contributed by atoms with Crippen LogP contribution in [0.2, 0.25) is 0 Å². The van der Waals surface area contributed by atoms with E-state index in [0.29, 0.717) is 12.2 Å². The molecule has 0 aliphatic heterocycles. The molecule has 96 valence electrons. The summed E-state index contributed by atoms with van der Waals surface area (Å²) in [7, 11) is -1.63. The summed E-state index contributed by atoms with van der Waals surface area (Å²) in [5.41, 5.74) is 0.870. The lowest BCUT2D eigenvalue weighted by Crippen LogP contribution is -2.29. The van der Waals surface area contributed by atoms with E-state index in [0.717, 1.165) is 5.56 Å². The summed E-state index contributed by atoms with van der Waals surface area (Å²) in [5.74, 6) is 0.789. The molecule has 4 nitrogen and oxygen atoms in total. The molecule has 1 rings (SSSR count). The molecular weight excluding hydrogens is 238 g/mol. The third-order valence-electron chi connectivity index (χ3n) is 2.62. The topological polar surface area (TPSA) is 55.4 Å². The molecule has 0 aliphatic carbocycles. The molecule has 0 heterocycles. The zero-order valence-electron chi connectivity index (χ0n) is 10.4. The first-order chi connectivity index (χ1) is 8.04. The zero-order chi connectivity index (χ0) is 12.9. The second kappa shape index (κ2) is 6.02. The molecule has 0 radical (unpaired) electrons. The van der Waals surface area contributed by atoms with Crippen LogP contribution in [0.3, 0.4) is 0 Å². The molecule has 1 unspecified atom stereocenters. The number of nitrogens with one attached hydrogen (secondary N) is 1. The van der Waals surface area contributed by atoms with Gasteiger partial charge in [-0.15, -0.1) is 0 Å². The van der Waals surface area contributed by atoms with Crippen molar-refractivity contribution in [2.75, 3.05) is 12.9 Å². The van der Waals surface area contributed by atoms with Crippen LogP contribution in [0.5, 0.6) is 5.75 Å². The molecule has 1 N–H and O–H groups in total. The van der Waals surface area contributed by atoms with Crippen molar-refractivity contribution in [2.45, 2.75) is 26.3 Å². The van der Waals surface area contributed by atoms with Crippen molar-refractivity contribution < 1.29 is 13.2 Å². The lowest BCUT2D eigenvalue weighted by molar-refractivity contribution is 0.402. The molecule has 0 saturated carbocycles. The highest BCUT2D eigenvalue weighted by Crippen LogP contribution is 2.27. The van der Waals surface area contributed by atoms with E-state index in [-0.39, 0.29) is 11.8 Å². The summed E-state index contributed by atoms with van der Waals surface area (Å²) in [6.45, 7) is 3.56. The van der Waals surface area contributed by atoms with Crippen molar-refractivity contribution in [3.8, 4) is 5.75 Å². The van der Waals surface area contributed by atoms with Gasteiger partial charge < -0.3 is 4.74 Å². The molecule has 1 aromatic carbocycles. The second-order valence-corrected chi connectivity index (χ2v) is 5.77. The first-order valence-corrected chi connectivity index (χ1v) is 7.32. The molecule has 1 aromatic rings. The molecule has 17 heavy (non-hydrogen) atoms. The van der Waals surface area contributed by atoms with E-state index in [2.05, 4.69) is 4.72 Å². The Bertz CT molecular complexity index is 457. The number of methoxy groups -OCH3 is 1. The molecule has 5 heteroatoms. The molecule has 0 aliphatic rings. The highest BCUT2D eigenvalue weighted by Gasteiger charge is 2.19. The van der Waals surface area contributed by atoms with Crippen molar-refractivity contribution in [2.24, 2.45) is 0 Å². The van der Waals surface area contributed by atoms with Crippen LogP contribution in [0.4, 0.5) is 0 Å². The number of rotatable bonds is 6. The Morgan fingerprint density at radius 1 is 1.29 bits per heavy atom.